The third-order valence-corrected chi connectivity index (χ3v) is 3.76. The van der Waals surface area contributed by atoms with Crippen molar-refractivity contribution in [1.29, 1.82) is 0 Å². The number of nitrogen functional groups attached to an aromatic ring is 1. The smallest absolute Gasteiger partial charge is 0.254 e. The highest BCUT2D eigenvalue weighted by molar-refractivity contribution is 5.99. The van der Waals surface area contributed by atoms with E-state index in [1.54, 1.807) is 12.1 Å². The van der Waals surface area contributed by atoms with Gasteiger partial charge in [-0.05, 0) is 48.7 Å². The lowest BCUT2D eigenvalue weighted by atomic mass is 10.0. The van der Waals surface area contributed by atoms with Crippen LogP contribution in [0.25, 0.3) is 0 Å². The molecule has 0 atom stereocenters. The SMILES string of the molecule is Nc1ccc(F)cc1C(=O)NC1(c2ccc(F)cc2)CC1. The highest BCUT2D eigenvalue weighted by atomic mass is 19.1. The summed E-state index contributed by atoms with van der Waals surface area (Å²) in [6, 6.07) is 9.71. The molecule has 1 fully saturated rings. The van der Waals surface area contributed by atoms with Crippen LogP contribution >= 0.6 is 0 Å². The van der Waals surface area contributed by atoms with Crippen LogP contribution in [0.1, 0.15) is 28.8 Å². The Balaban J connectivity index is 1.84. The molecule has 1 saturated carbocycles. The fourth-order valence-electron chi connectivity index (χ4n) is 2.39. The van der Waals surface area contributed by atoms with E-state index in [9.17, 15) is 13.6 Å². The Morgan fingerprint density at radius 2 is 1.67 bits per heavy atom. The Kier molecular flexibility index (Phi) is 3.12. The normalized spacial score (nSPS) is 15.5. The van der Waals surface area contributed by atoms with Gasteiger partial charge in [0.2, 0.25) is 0 Å². The van der Waals surface area contributed by atoms with Crippen LogP contribution in [0.15, 0.2) is 42.5 Å². The average Bonchev–Trinajstić information content (AvgIpc) is 3.23. The zero-order valence-electron chi connectivity index (χ0n) is 11.2. The number of anilines is 1. The van der Waals surface area contributed by atoms with Gasteiger partial charge in [0, 0.05) is 5.69 Å². The van der Waals surface area contributed by atoms with E-state index in [0.717, 1.165) is 24.5 Å². The molecule has 1 aliphatic carbocycles. The van der Waals surface area contributed by atoms with E-state index >= 15 is 0 Å². The number of benzene rings is 2. The molecule has 0 bridgehead atoms. The summed E-state index contributed by atoms with van der Waals surface area (Å²) in [4.78, 5) is 12.3. The Morgan fingerprint density at radius 3 is 2.29 bits per heavy atom. The van der Waals surface area contributed by atoms with Crippen molar-refractivity contribution in [1.82, 2.24) is 5.32 Å². The summed E-state index contributed by atoms with van der Waals surface area (Å²) in [6.07, 6.45) is 1.53. The molecule has 0 saturated heterocycles. The van der Waals surface area contributed by atoms with Gasteiger partial charge in [-0.2, -0.15) is 0 Å². The third-order valence-electron chi connectivity index (χ3n) is 3.76. The number of rotatable bonds is 3. The van der Waals surface area contributed by atoms with Crippen LogP contribution in [0.5, 0.6) is 0 Å². The number of carbonyl (C=O) groups is 1. The monoisotopic (exact) mass is 288 g/mol. The van der Waals surface area contributed by atoms with Gasteiger partial charge in [-0.25, -0.2) is 8.78 Å². The molecule has 5 heteroatoms. The highest BCUT2D eigenvalue weighted by Gasteiger charge is 2.45. The Morgan fingerprint density at radius 1 is 1.05 bits per heavy atom. The van der Waals surface area contributed by atoms with Gasteiger partial charge in [-0.3, -0.25) is 4.79 Å². The minimum Gasteiger partial charge on any atom is -0.398 e. The molecule has 2 aromatic rings. The van der Waals surface area contributed by atoms with Crippen molar-refractivity contribution in [3.63, 3.8) is 0 Å². The van der Waals surface area contributed by atoms with E-state index in [4.69, 9.17) is 5.73 Å². The first-order valence-corrected chi connectivity index (χ1v) is 6.64. The van der Waals surface area contributed by atoms with Crippen LogP contribution < -0.4 is 11.1 Å². The van der Waals surface area contributed by atoms with Gasteiger partial charge >= 0.3 is 0 Å². The zero-order chi connectivity index (χ0) is 15.0. The molecule has 1 amide bonds. The van der Waals surface area contributed by atoms with Crippen molar-refractivity contribution in [2.45, 2.75) is 18.4 Å². The molecule has 0 spiro atoms. The fraction of sp³-hybridized carbons (Fsp3) is 0.188. The summed E-state index contributed by atoms with van der Waals surface area (Å²) in [5, 5.41) is 2.88. The number of halogens is 2. The molecule has 2 aromatic carbocycles. The van der Waals surface area contributed by atoms with Crippen molar-refractivity contribution in [3.05, 3.63) is 65.2 Å². The lowest BCUT2D eigenvalue weighted by Crippen LogP contribution is -2.35. The molecular formula is C16H14F2N2O. The number of hydrogen-bond acceptors (Lipinski definition) is 2. The molecule has 0 aliphatic heterocycles. The third kappa shape index (κ3) is 2.59. The lowest BCUT2D eigenvalue weighted by molar-refractivity contribution is 0.0931. The molecule has 0 aromatic heterocycles. The van der Waals surface area contributed by atoms with Crippen molar-refractivity contribution < 1.29 is 13.6 Å². The van der Waals surface area contributed by atoms with E-state index in [0.29, 0.717) is 0 Å². The van der Waals surface area contributed by atoms with Gasteiger partial charge < -0.3 is 11.1 Å². The molecule has 1 aliphatic rings. The van der Waals surface area contributed by atoms with Gasteiger partial charge in [0.1, 0.15) is 11.6 Å². The van der Waals surface area contributed by atoms with Gasteiger partial charge in [0.25, 0.3) is 5.91 Å². The Labute approximate surface area is 120 Å². The summed E-state index contributed by atoms with van der Waals surface area (Å²) in [6.45, 7) is 0. The largest absolute Gasteiger partial charge is 0.398 e. The Bertz CT molecular complexity index is 694. The second-order valence-corrected chi connectivity index (χ2v) is 5.27. The van der Waals surface area contributed by atoms with Crippen molar-refractivity contribution in [2.24, 2.45) is 0 Å². The minimum atomic E-state index is -0.513. The number of hydrogen-bond donors (Lipinski definition) is 2. The number of amides is 1. The molecule has 0 heterocycles. The molecule has 3 rings (SSSR count). The molecule has 21 heavy (non-hydrogen) atoms. The number of carbonyl (C=O) groups excluding carboxylic acids is 1. The maximum Gasteiger partial charge on any atom is 0.254 e. The predicted molar refractivity (Wildman–Crippen MR) is 75.6 cm³/mol. The first-order valence-electron chi connectivity index (χ1n) is 6.64. The van der Waals surface area contributed by atoms with E-state index in [1.165, 1.54) is 24.3 Å². The standard InChI is InChI=1S/C16H14F2N2O/c17-11-3-1-10(2-4-11)16(7-8-16)20-15(21)13-9-12(18)5-6-14(13)19/h1-6,9H,7-8,19H2,(H,20,21). The van der Waals surface area contributed by atoms with E-state index < -0.39 is 17.3 Å². The minimum absolute atomic E-state index is 0.114. The molecule has 3 nitrogen and oxygen atoms in total. The quantitative estimate of drug-likeness (QED) is 0.853. The maximum absolute atomic E-state index is 13.2. The Hall–Kier alpha value is -2.43. The molecule has 3 N–H and O–H groups in total. The van der Waals surface area contributed by atoms with Crippen LogP contribution in [0.4, 0.5) is 14.5 Å². The molecule has 0 radical (unpaired) electrons. The van der Waals surface area contributed by atoms with Crippen LogP contribution in [-0.4, -0.2) is 5.91 Å². The molecule has 108 valence electrons. The van der Waals surface area contributed by atoms with Crippen LogP contribution in [-0.2, 0) is 5.54 Å². The van der Waals surface area contributed by atoms with Crippen molar-refractivity contribution in [3.8, 4) is 0 Å². The summed E-state index contributed by atoms with van der Waals surface area (Å²) >= 11 is 0. The number of nitrogens with two attached hydrogens (primary N) is 1. The van der Waals surface area contributed by atoms with Crippen LogP contribution in [0, 0.1) is 11.6 Å². The summed E-state index contributed by atoms with van der Waals surface area (Å²) in [5.41, 5.74) is 6.39. The molecule has 0 unspecified atom stereocenters. The lowest BCUT2D eigenvalue weighted by Gasteiger charge is -2.18. The second kappa shape index (κ2) is 4.84. The van der Waals surface area contributed by atoms with E-state index in [-0.39, 0.29) is 17.1 Å². The van der Waals surface area contributed by atoms with Gasteiger partial charge in [-0.15, -0.1) is 0 Å². The number of nitrogens with one attached hydrogen (secondary N) is 1. The summed E-state index contributed by atoms with van der Waals surface area (Å²) in [7, 11) is 0. The second-order valence-electron chi connectivity index (χ2n) is 5.27. The summed E-state index contributed by atoms with van der Waals surface area (Å²) < 4.78 is 26.2. The van der Waals surface area contributed by atoms with Gasteiger partial charge in [0.15, 0.2) is 0 Å². The molecular weight excluding hydrogens is 274 g/mol. The average molecular weight is 288 g/mol. The summed E-state index contributed by atoms with van der Waals surface area (Å²) in [5.74, 6) is -1.26. The van der Waals surface area contributed by atoms with Crippen molar-refractivity contribution >= 4 is 11.6 Å². The first-order chi connectivity index (χ1) is 10.00. The predicted octanol–water partition coefficient (Wildman–Crippen LogP) is 2.97. The zero-order valence-corrected chi connectivity index (χ0v) is 11.2. The van der Waals surface area contributed by atoms with Crippen LogP contribution in [0.2, 0.25) is 0 Å². The van der Waals surface area contributed by atoms with E-state index in [1.807, 2.05) is 0 Å². The fourth-order valence-corrected chi connectivity index (χ4v) is 2.39. The highest BCUT2D eigenvalue weighted by Crippen LogP contribution is 2.45. The van der Waals surface area contributed by atoms with Gasteiger partial charge in [0.05, 0.1) is 11.1 Å². The van der Waals surface area contributed by atoms with Crippen LogP contribution in [0.3, 0.4) is 0 Å². The topological polar surface area (TPSA) is 55.1 Å². The van der Waals surface area contributed by atoms with Crippen molar-refractivity contribution in [2.75, 3.05) is 5.73 Å². The first kappa shape index (κ1) is 13.5. The van der Waals surface area contributed by atoms with E-state index in [2.05, 4.69) is 5.32 Å². The maximum atomic E-state index is 13.2. The van der Waals surface area contributed by atoms with Gasteiger partial charge in [-0.1, -0.05) is 12.1 Å².